The lowest BCUT2D eigenvalue weighted by atomic mass is 9.94. The van der Waals surface area contributed by atoms with Crippen LogP contribution in [0.1, 0.15) is 28.8 Å². The molecule has 3 aromatic rings. The maximum absolute atomic E-state index is 14.5. The molecule has 0 unspecified atom stereocenters. The number of amides is 1. The third-order valence-electron chi connectivity index (χ3n) is 6.29. The lowest BCUT2D eigenvalue weighted by molar-refractivity contribution is -0.348. The fourth-order valence-electron chi connectivity index (χ4n) is 3.84. The fourth-order valence-corrected chi connectivity index (χ4v) is 4.68. The van der Waals surface area contributed by atoms with E-state index in [1.807, 2.05) is 0 Å². The number of benzene rings is 1. The van der Waals surface area contributed by atoms with Gasteiger partial charge < -0.3 is 4.90 Å². The minimum absolute atomic E-state index is 0.0232. The van der Waals surface area contributed by atoms with Crippen LogP contribution in [0.2, 0.25) is 15.2 Å². The minimum Gasteiger partial charge on any atom is -0.323 e. The highest BCUT2D eigenvalue weighted by Crippen LogP contribution is 2.54. The van der Waals surface area contributed by atoms with Crippen LogP contribution in [0.25, 0.3) is 16.8 Å². The molecule has 206 valence electrons. The maximum Gasteiger partial charge on any atom is 0.435 e. The van der Waals surface area contributed by atoms with E-state index in [2.05, 4.69) is 16.2 Å². The maximum atomic E-state index is 14.5. The van der Waals surface area contributed by atoms with Crippen LogP contribution in [0.3, 0.4) is 0 Å². The van der Waals surface area contributed by atoms with Crippen molar-refractivity contribution in [2.75, 3.05) is 7.05 Å². The summed E-state index contributed by atoms with van der Waals surface area (Å²) in [7, 11) is 1.46. The van der Waals surface area contributed by atoms with Gasteiger partial charge in [-0.1, -0.05) is 34.8 Å². The van der Waals surface area contributed by atoms with E-state index in [4.69, 9.17) is 34.8 Å². The molecule has 4 rings (SSSR count). The number of rotatable bonds is 5. The summed E-state index contributed by atoms with van der Waals surface area (Å²) in [6.07, 6.45) is -7.94. The Balaban J connectivity index is 1.72. The normalized spacial score (nSPS) is 15.1. The first-order valence-electron chi connectivity index (χ1n) is 10.7. The molecule has 1 amide bonds. The first-order valence-corrected chi connectivity index (χ1v) is 11.8. The number of carbonyl (C=O) groups excluding carboxylic acids is 1. The van der Waals surface area contributed by atoms with E-state index in [0.717, 1.165) is 4.68 Å². The molecule has 6 nitrogen and oxygen atoms in total. The average Bonchev–Trinajstić information content (AvgIpc) is 3.50. The molecule has 0 bridgehead atoms. The molecule has 0 saturated heterocycles. The molecule has 39 heavy (non-hydrogen) atoms. The van der Waals surface area contributed by atoms with E-state index in [0.29, 0.717) is 18.4 Å². The van der Waals surface area contributed by atoms with E-state index in [9.17, 15) is 40.8 Å². The lowest BCUT2D eigenvalue weighted by Crippen LogP contribution is -2.50. The van der Waals surface area contributed by atoms with Crippen LogP contribution in [0.5, 0.6) is 0 Å². The van der Waals surface area contributed by atoms with Gasteiger partial charge in [0.15, 0.2) is 0 Å². The third-order valence-corrected chi connectivity index (χ3v) is 7.17. The summed E-state index contributed by atoms with van der Waals surface area (Å²) in [5, 5.41) is 11.7. The summed E-state index contributed by atoms with van der Waals surface area (Å²) >= 11 is 18.0. The van der Waals surface area contributed by atoms with Gasteiger partial charge in [0.1, 0.15) is 16.4 Å². The van der Waals surface area contributed by atoms with Gasteiger partial charge in [0.25, 0.3) is 5.91 Å². The average molecular weight is 615 g/mol. The van der Waals surface area contributed by atoms with Gasteiger partial charge in [0.2, 0.25) is 0 Å². The second kappa shape index (κ2) is 9.53. The Morgan fingerprint density at radius 1 is 1.00 bits per heavy atom. The summed E-state index contributed by atoms with van der Waals surface area (Å²) in [5.41, 5.74) is -8.29. The molecule has 0 radical (unpaired) electrons. The molecular formula is C23H13Cl3F7N5O. The molecule has 1 saturated carbocycles. The Labute approximate surface area is 230 Å². The molecule has 0 spiro atoms. The van der Waals surface area contributed by atoms with Crippen LogP contribution >= 0.6 is 34.8 Å². The SMILES string of the molecule is CN(C(=O)c1cc(-c2cnn(-c3c(Cl)cc(C(F)(C(F)(F)F)C(F)(F)F)cc3Cl)c2)cnc1Cl)C1(C#N)CC1. The fraction of sp³-hybridized carbons (Fsp3) is 0.304. The van der Waals surface area contributed by atoms with Crippen molar-refractivity contribution in [2.45, 2.75) is 36.4 Å². The van der Waals surface area contributed by atoms with Crippen molar-refractivity contribution in [2.24, 2.45) is 0 Å². The first-order chi connectivity index (χ1) is 18.0. The van der Waals surface area contributed by atoms with Crippen LogP contribution in [0, 0.1) is 11.3 Å². The van der Waals surface area contributed by atoms with E-state index in [-0.39, 0.29) is 34.1 Å². The molecule has 1 aliphatic carbocycles. The topological polar surface area (TPSA) is 74.8 Å². The number of aromatic nitrogens is 3. The second-order valence-corrected chi connectivity index (χ2v) is 9.86. The van der Waals surface area contributed by atoms with Crippen LogP contribution in [-0.4, -0.2) is 50.5 Å². The number of pyridine rings is 1. The second-order valence-electron chi connectivity index (χ2n) is 8.69. The predicted molar refractivity (Wildman–Crippen MR) is 126 cm³/mol. The van der Waals surface area contributed by atoms with Gasteiger partial charge in [-0.3, -0.25) is 4.79 Å². The van der Waals surface area contributed by atoms with Gasteiger partial charge in [0, 0.05) is 36.1 Å². The Morgan fingerprint density at radius 3 is 2.05 bits per heavy atom. The predicted octanol–water partition coefficient (Wildman–Crippen LogP) is 7.31. The van der Waals surface area contributed by atoms with Crippen molar-refractivity contribution in [1.29, 1.82) is 5.26 Å². The molecule has 2 aromatic heterocycles. The van der Waals surface area contributed by atoms with Crippen molar-refractivity contribution < 1.29 is 35.5 Å². The van der Waals surface area contributed by atoms with Crippen LogP contribution in [0.4, 0.5) is 30.7 Å². The van der Waals surface area contributed by atoms with Crippen LogP contribution < -0.4 is 0 Å². The van der Waals surface area contributed by atoms with E-state index in [1.165, 1.54) is 36.6 Å². The van der Waals surface area contributed by atoms with E-state index in [1.54, 1.807) is 0 Å². The van der Waals surface area contributed by atoms with Crippen molar-refractivity contribution in [3.8, 4) is 22.9 Å². The van der Waals surface area contributed by atoms with Crippen LogP contribution in [-0.2, 0) is 5.67 Å². The molecule has 0 atom stereocenters. The smallest absolute Gasteiger partial charge is 0.323 e. The van der Waals surface area contributed by atoms with Crippen molar-refractivity contribution in [1.82, 2.24) is 19.7 Å². The van der Waals surface area contributed by atoms with Gasteiger partial charge in [0.05, 0.1) is 27.9 Å². The number of carbonyl (C=O) groups is 1. The standard InChI is InChI=1S/C23H13Cl3F7N5O/c1-37(20(10-34)2-3-20)19(39)14-4-11(7-35-18(14)26)12-8-36-38(9-12)17-15(24)5-13(6-16(17)25)21(27,22(28,29)30)23(31,32)33/h4-9H,2-3H2,1H3. The van der Waals surface area contributed by atoms with Gasteiger partial charge in [-0.25, -0.2) is 14.1 Å². The summed E-state index contributed by atoms with van der Waals surface area (Å²) in [6, 6.07) is 3.80. The molecule has 16 heteroatoms. The molecule has 1 aliphatic rings. The van der Waals surface area contributed by atoms with E-state index < -0.39 is 45.1 Å². The zero-order valence-electron chi connectivity index (χ0n) is 19.3. The number of hydrogen-bond donors (Lipinski definition) is 0. The van der Waals surface area contributed by atoms with Gasteiger partial charge in [-0.2, -0.15) is 36.7 Å². The Kier molecular flexibility index (Phi) is 7.07. The molecule has 2 heterocycles. The van der Waals surface area contributed by atoms with Gasteiger partial charge in [-0.15, -0.1) is 0 Å². The lowest BCUT2D eigenvalue weighted by Gasteiger charge is -2.30. The molecule has 1 fully saturated rings. The van der Waals surface area contributed by atoms with Crippen molar-refractivity contribution in [3.05, 3.63) is 63.1 Å². The Morgan fingerprint density at radius 2 is 1.56 bits per heavy atom. The number of nitriles is 1. The van der Waals surface area contributed by atoms with E-state index >= 15 is 0 Å². The summed E-state index contributed by atoms with van der Waals surface area (Å²) in [6.45, 7) is 0. The molecule has 0 aliphatic heterocycles. The quantitative estimate of drug-likeness (QED) is 0.223. The highest BCUT2D eigenvalue weighted by Gasteiger charge is 2.73. The highest BCUT2D eigenvalue weighted by atomic mass is 35.5. The zero-order chi connectivity index (χ0) is 29.1. The number of nitrogens with zero attached hydrogens (tertiary/aromatic N) is 5. The monoisotopic (exact) mass is 613 g/mol. The van der Waals surface area contributed by atoms with Gasteiger partial charge in [-0.05, 0) is 31.0 Å². The number of hydrogen-bond acceptors (Lipinski definition) is 4. The van der Waals surface area contributed by atoms with Crippen molar-refractivity contribution >= 4 is 40.7 Å². The highest BCUT2D eigenvalue weighted by molar-refractivity contribution is 6.38. The Bertz CT molecular complexity index is 1470. The molecule has 0 N–H and O–H groups in total. The zero-order valence-corrected chi connectivity index (χ0v) is 21.6. The van der Waals surface area contributed by atoms with Crippen LogP contribution in [0.15, 0.2) is 36.8 Å². The first kappa shape index (κ1) is 28.9. The summed E-state index contributed by atoms with van der Waals surface area (Å²) in [4.78, 5) is 18.2. The largest absolute Gasteiger partial charge is 0.435 e. The third kappa shape index (κ3) is 4.79. The van der Waals surface area contributed by atoms with Crippen molar-refractivity contribution in [3.63, 3.8) is 0 Å². The molecule has 1 aromatic carbocycles. The summed E-state index contributed by atoms with van der Waals surface area (Å²) in [5.74, 6) is -0.563. The minimum atomic E-state index is -6.35. The van der Waals surface area contributed by atoms with Gasteiger partial charge >= 0.3 is 18.0 Å². The summed E-state index contributed by atoms with van der Waals surface area (Å²) < 4.78 is 94.4. The molecular weight excluding hydrogens is 602 g/mol. The number of halogens is 10. The number of alkyl halides is 7. The Hall–Kier alpha value is -3.08.